The van der Waals surface area contributed by atoms with Crippen molar-refractivity contribution in [1.29, 1.82) is 0 Å². The Kier molecular flexibility index (Phi) is 7.28. The van der Waals surface area contributed by atoms with Crippen LogP contribution in [-0.2, 0) is 9.53 Å². The lowest BCUT2D eigenvalue weighted by Crippen LogP contribution is -2.37. The molecule has 0 aromatic heterocycles. The Morgan fingerprint density at radius 2 is 2.06 bits per heavy atom. The van der Waals surface area contributed by atoms with Crippen molar-refractivity contribution in [2.75, 3.05) is 32.8 Å². The van der Waals surface area contributed by atoms with E-state index in [4.69, 9.17) is 4.74 Å². The smallest absolute Gasteiger partial charge is 0.220 e. The number of ether oxygens (including phenoxy) is 1. The van der Waals surface area contributed by atoms with Gasteiger partial charge in [0.25, 0.3) is 0 Å². The molecule has 0 aromatic rings. The van der Waals surface area contributed by atoms with Crippen molar-refractivity contribution >= 4 is 5.91 Å². The molecule has 1 fully saturated rings. The maximum atomic E-state index is 11.5. The van der Waals surface area contributed by atoms with Gasteiger partial charge in [0.1, 0.15) is 0 Å². The highest BCUT2D eigenvalue weighted by atomic mass is 16.5. The molecule has 1 N–H and O–H groups in total. The van der Waals surface area contributed by atoms with Crippen LogP contribution in [-0.4, -0.2) is 49.7 Å². The van der Waals surface area contributed by atoms with Gasteiger partial charge >= 0.3 is 0 Å². The molecule has 0 bridgehead atoms. The minimum Gasteiger partial charge on any atom is -0.377 e. The number of rotatable bonds is 7. The highest BCUT2D eigenvalue weighted by Gasteiger charge is 2.20. The Balaban J connectivity index is 2.10. The van der Waals surface area contributed by atoms with Crippen LogP contribution in [0.2, 0.25) is 0 Å². The van der Waals surface area contributed by atoms with Gasteiger partial charge in [-0.15, -0.1) is 0 Å². The maximum Gasteiger partial charge on any atom is 0.220 e. The molecule has 1 rings (SSSR count). The van der Waals surface area contributed by atoms with Crippen LogP contribution in [0.3, 0.4) is 0 Å². The van der Waals surface area contributed by atoms with Crippen molar-refractivity contribution in [3.8, 4) is 0 Å². The summed E-state index contributed by atoms with van der Waals surface area (Å²) in [4.78, 5) is 13.9. The van der Waals surface area contributed by atoms with Crippen LogP contribution in [0.15, 0.2) is 0 Å². The summed E-state index contributed by atoms with van der Waals surface area (Å²) in [6.07, 6.45) is 3.29. The largest absolute Gasteiger partial charge is 0.377 e. The molecule has 0 aliphatic carbocycles. The molecule has 0 radical (unpaired) electrons. The van der Waals surface area contributed by atoms with Gasteiger partial charge in [0.15, 0.2) is 0 Å². The van der Waals surface area contributed by atoms with Crippen LogP contribution < -0.4 is 5.32 Å². The number of carbonyl (C=O) groups is 1. The third kappa shape index (κ3) is 6.36. The minimum atomic E-state index is 0.207. The number of likely N-dealkylation sites (tertiary alicyclic amines) is 1. The highest BCUT2D eigenvalue weighted by Crippen LogP contribution is 2.20. The van der Waals surface area contributed by atoms with E-state index >= 15 is 0 Å². The van der Waals surface area contributed by atoms with Gasteiger partial charge in [-0.2, -0.15) is 0 Å². The topological polar surface area (TPSA) is 41.6 Å². The molecule has 0 spiro atoms. The first kappa shape index (κ1) is 15.4. The van der Waals surface area contributed by atoms with Crippen LogP contribution >= 0.6 is 0 Å². The summed E-state index contributed by atoms with van der Waals surface area (Å²) in [7, 11) is 0. The summed E-state index contributed by atoms with van der Waals surface area (Å²) in [5.41, 5.74) is 0. The van der Waals surface area contributed by atoms with Gasteiger partial charge < -0.3 is 15.0 Å². The molecular formula is C14H28N2O2. The van der Waals surface area contributed by atoms with Crippen molar-refractivity contribution in [3.05, 3.63) is 0 Å². The zero-order valence-corrected chi connectivity index (χ0v) is 12.1. The average molecular weight is 256 g/mol. The van der Waals surface area contributed by atoms with E-state index in [2.05, 4.69) is 24.1 Å². The summed E-state index contributed by atoms with van der Waals surface area (Å²) in [5.74, 6) is 0.776. The zero-order valence-electron chi connectivity index (χ0n) is 12.1. The van der Waals surface area contributed by atoms with Gasteiger partial charge in [-0.1, -0.05) is 0 Å². The number of hydrogen-bond donors (Lipinski definition) is 1. The number of amides is 1. The van der Waals surface area contributed by atoms with Gasteiger partial charge in [0, 0.05) is 19.5 Å². The summed E-state index contributed by atoms with van der Waals surface area (Å²) in [5, 5.41) is 2.88. The normalized spacial score (nSPS) is 18.2. The fraction of sp³-hybridized carbons (Fsp3) is 0.929. The van der Waals surface area contributed by atoms with E-state index in [0.717, 1.165) is 45.6 Å². The van der Waals surface area contributed by atoms with Gasteiger partial charge in [0.05, 0.1) is 12.7 Å². The van der Waals surface area contributed by atoms with Crippen LogP contribution in [0.25, 0.3) is 0 Å². The van der Waals surface area contributed by atoms with Crippen molar-refractivity contribution in [1.82, 2.24) is 10.2 Å². The van der Waals surface area contributed by atoms with Crippen molar-refractivity contribution < 1.29 is 9.53 Å². The van der Waals surface area contributed by atoms with E-state index < -0.39 is 0 Å². The molecule has 0 unspecified atom stereocenters. The molecule has 1 saturated heterocycles. The van der Waals surface area contributed by atoms with E-state index in [1.165, 1.54) is 0 Å². The predicted octanol–water partition coefficient (Wildman–Crippen LogP) is 1.65. The molecule has 0 aromatic carbocycles. The molecule has 4 heteroatoms. The second-order valence-corrected chi connectivity index (χ2v) is 5.36. The average Bonchev–Trinajstić information content (AvgIpc) is 2.31. The van der Waals surface area contributed by atoms with Gasteiger partial charge in [-0.05, 0) is 52.6 Å². The summed E-state index contributed by atoms with van der Waals surface area (Å²) in [6, 6.07) is 0. The fourth-order valence-electron chi connectivity index (χ4n) is 2.36. The monoisotopic (exact) mass is 256 g/mol. The molecule has 1 aliphatic rings. The summed E-state index contributed by atoms with van der Waals surface area (Å²) < 4.78 is 5.56. The Hall–Kier alpha value is -0.610. The fourth-order valence-corrected chi connectivity index (χ4v) is 2.36. The molecule has 106 valence electrons. The Bertz CT molecular complexity index is 236. The number of nitrogens with one attached hydrogen (secondary N) is 1. The maximum absolute atomic E-state index is 11.5. The van der Waals surface area contributed by atoms with Crippen LogP contribution in [0.5, 0.6) is 0 Å². The summed E-state index contributed by atoms with van der Waals surface area (Å²) in [6.45, 7) is 10.9. The van der Waals surface area contributed by atoms with Gasteiger partial charge in [0.2, 0.25) is 5.91 Å². The standard InChI is InChI=1S/C14H28N2O2/c1-4-15-14(17)11-13-5-7-16(8-6-13)9-10-18-12(2)3/h12-13H,4-11H2,1-3H3,(H,15,17). The van der Waals surface area contributed by atoms with E-state index in [9.17, 15) is 4.79 Å². The molecular weight excluding hydrogens is 228 g/mol. The molecule has 0 saturated carbocycles. The van der Waals surface area contributed by atoms with E-state index in [0.29, 0.717) is 18.4 Å². The first-order valence-corrected chi connectivity index (χ1v) is 7.22. The third-order valence-corrected chi connectivity index (χ3v) is 3.41. The molecule has 1 amide bonds. The quantitative estimate of drug-likeness (QED) is 0.753. The van der Waals surface area contributed by atoms with Gasteiger partial charge in [-0.25, -0.2) is 0 Å². The Morgan fingerprint density at radius 3 is 2.61 bits per heavy atom. The first-order chi connectivity index (χ1) is 8.61. The Morgan fingerprint density at radius 1 is 1.39 bits per heavy atom. The minimum absolute atomic E-state index is 0.207. The summed E-state index contributed by atoms with van der Waals surface area (Å²) >= 11 is 0. The molecule has 1 heterocycles. The lowest BCUT2D eigenvalue weighted by atomic mass is 9.93. The van der Waals surface area contributed by atoms with E-state index in [-0.39, 0.29) is 5.91 Å². The van der Waals surface area contributed by atoms with E-state index in [1.54, 1.807) is 0 Å². The third-order valence-electron chi connectivity index (χ3n) is 3.41. The lowest BCUT2D eigenvalue weighted by Gasteiger charge is -2.31. The van der Waals surface area contributed by atoms with Crippen molar-refractivity contribution in [3.63, 3.8) is 0 Å². The second-order valence-electron chi connectivity index (χ2n) is 5.36. The molecule has 1 aliphatic heterocycles. The van der Waals surface area contributed by atoms with Crippen molar-refractivity contribution in [2.45, 2.75) is 46.1 Å². The van der Waals surface area contributed by atoms with Crippen LogP contribution in [0.4, 0.5) is 0 Å². The number of hydrogen-bond acceptors (Lipinski definition) is 3. The number of piperidine rings is 1. The van der Waals surface area contributed by atoms with Crippen molar-refractivity contribution in [2.24, 2.45) is 5.92 Å². The SMILES string of the molecule is CCNC(=O)CC1CCN(CCOC(C)C)CC1. The lowest BCUT2D eigenvalue weighted by molar-refractivity contribution is -0.122. The van der Waals surface area contributed by atoms with E-state index in [1.807, 2.05) is 6.92 Å². The van der Waals surface area contributed by atoms with Crippen LogP contribution in [0.1, 0.15) is 40.0 Å². The molecule has 0 atom stereocenters. The predicted molar refractivity (Wildman–Crippen MR) is 73.6 cm³/mol. The van der Waals surface area contributed by atoms with Crippen LogP contribution in [0, 0.1) is 5.92 Å². The molecule has 18 heavy (non-hydrogen) atoms. The van der Waals surface area contributed by atoms with Gasteiger partial charge in [-0.3, -0.25) is 4.79 Å². The molecule has 4 nitrogen and oxygen atoms in total. The Labute approximate surface area is 111 Å². The number of carbonyl (C=O) groups excluding carboxylic acids is 1. The highest BCUT2D eigenvalue weighted by molar-refractivity contribution is 5.76. The first-order valence-electron chi connectivity index (χ1n) is 7.22. The number of nitrogens with zero attached hydrogens (tertiary/aromatic N) is 1. The second kappa shape index (κ2) is 8.48. The zero-order chi connectivity index (χ0) is 13.4.